The van der Waals surface area contributed by atoms with Crippen molar-refractivity contribution < 1.29 is 27.1 Å². The van der Waals surface area contributed by atoms with Crippen LogP contribution in [0.5, 0.6) is 0 Å². The van der Waals surface area contributed by atoms with E-state index < -0.39 is 17.7 Å². The Morgan fingerprint density at radius 3 is 2.88 bits per heavy atom. The minimum atomic E-state index is -4.52. The second kappa shape index (κ2) is 13.0. The minimum absolute atomic E-state index is 0.0156. The van der Waals surface area contributed by atoms with E-state index in [1.165, 1.54) is 12.1 Å². The maximum Gasteiger partial charge on any atom is 0.416 e. The fourth-order valence-electron chi connectivity index (χ4n) is 5.42. The fourth-order valence-corrected chi connectivity index (χ4v) is 6.93. The normalized spacial score (nSPS) is 23.9. The molecule has 7 nitrogen and oxygen atoms in total. The molecule has 0 bridgehead atoms. The third-order valence-electron chi connectivity index (χ3n) is 7.60. The number of aliphatic imine (C=N–C) groups is 1. The van der Waals surface area contributed by atoms with Gasteiger partial charge in [-0.1, -0.05) is 25.7 Å². The van der Waals surface area contributed by atoms with Crippen LogP contribution < -0.4 is 10.6 Å². The lowest BCUT2D eigenvalue weighted by Gasteiger charge is -2.23. The lowest BCUT2D eigenvalue weighted by Crippen LogP contribution is -2.45. The molecule has 5 rings (SSSR count). The van der Waals surface area contributed by atoms with Gasteiger partial charge in [-0.25, -0.2) is 4.98 Å². The number of alkyl halides is 3. The van der Waals surface area contributed by atoms with Crippen LogP contribution in [0.4, 0.5) is 23.2 Å². The van der Waals surface area contributed by atoms with Gasteiger partial charge in [0.05, 0.1) is 35.7 Å². The Kier molecular flexibility index (Phi) is 9.34. The zero-order valence-electron chi connectivity index (χ0n) is 23.2. The number of ether oxygens (including phenoxy) is 1. The number of hydrogen-bond donors (Lipinski definition) is 2. The van der Waals surface area contributed by atoms with Crippen LogP contribution in [-0.4, -0.2) is 72.2 Å². The summed E-state index contributed by atoms with van der Waals surface area (Å²) in [5.41, 5.74) is 1.62. The second-order valence-corrected chi connectivity index (χ2v) is 11.9. The molecule has 2 aromatic rings. The topological polar surface area (TPSA) is 78.9 Å². The van der Waals surface area contributed by atoms with E-state index in [0.717, 1.165) is 36.2 Å². The number of nitrogens with zero attached hydrogens (tertiary/aromatic N) is 3. The highest BCUT2D eigenvalue weighted by Crippen LogP contribution is 2.43. The van der Waals surface area contributed by atoms with E-state index in [1.54, 1.807) is 24.2 Å². The van der Waals surface area contributed by atoms with E-state index in [1.807, 2.05) is 19.1 Å². The quantitative estimate of drug-likeness (QED) is 0.216. The number of nitrogens with one attached hydrogen (secondary N) is 2. The van der Waals surface area contributed by atoms with E-state index in [9.17, 15) is 22.4 Å². The van der Waals surface area contributed by atoms with Gasteiger partial charge in [-0.15, -0.1) is 11.8 Å². The third kappa shape index (κ3) is 7.04. The molecule has 2 fully saturated rings. The van der Waals surface area contributed by atoms with Crippen molar-refractivity contribution in [2.75, 3.05) is 32.8 Å². The number of carbonyl (C=O) groups excluding carboxylic acids is 1. The summed E-state index contributed by atoms with van der Waals surface area (Å²) in [7, 11) is 0. The SMILES string of the molecule is C=C(NCC(=O)NC1CN(C2CCOC2)C[C@@H]1SC1C=Cc2cc(F)ncc21)c1cc(C(F)(F)F)ccc1N=CCC. The summed E-state index contributed by atoms with van der Waals surface area (Å²) >= 11 is 1.70. The van der Waals surface area contributed by atoms with Crippen LogP contribution in [-0.2, 0) is 15.7 Å². The molecule has 1 aromatic carbocycles. The number of thioether (sulfide) groups is 1. The molecule has 2 N–H and O–H groups in total. The average molecular weight is 604 g/mol. The van der Waals surface area contributed by atoms with Gasteiger partial charge < -0.3 is 15.4 Å². The molecule has 2 aliphatic heterocycles. The van der Waals surface area contributed by atoms with Crippen molar-refractivity contribution in [2.24, 2.45) is 4.99 Å². The molecule has 0 radical (unpaired) electrons. The smallest absolute Gasteiger partial charge is 0.380 e. The maximum atomic E-state index is 13.6. The minimum Gasteiger partial charge on any atom is -0.380 e. The van der Waals surface area contributed by atoms with Crippen molar-refractivity contribution in [1.82, 2.24) is 20.5 Å². The lowest BCUT2D eigenvalue weighted by molar-refractivity contribution is -0.137. The molecule has 12 heteroatoms. The van der Waals surface area contributed by atoms with E-state index in [2.05, 4.69) is 32.1 Å². The summed E-state index contributed by atoms with van der Waals surface area (Å²) in [6.07, 6.45) is 4.10. The van der Waals surface area contributed by atoms with E-state index in [-0.39, 0.29) is 46.3 Å². The van der Waals surface area contributed by atoms with Crippen molar-refractivity contribution in [3.63, 3.8) is 0 Å². The van der Waals surface area contributed by atoms with Crippen molar-refractivity contribution in [3.05, 3.63) is 71.3 Å². The molecule has 0 spiro atoms. The third-order valence-corrected chi connectivity index (χ3v) is 9.13. The zero-order chi connectivity index (χ0) is 29.9. The number of benzene rings is 1. The summed E-state index contributed by atoms with van der Waals surface area (Å²) in [6.45, 7) is 8.36. The highest BCUT2D eigenvalue weighted by molar-refractivity contribution is 8.00. The summed E-state index contributed by atoms with van der Waals surface area (Å²) in [6, 6.07) is 4.80. The zero-order valence-corrected chi connectivity index (χ0v) is 24.0. The van der Waals surface area contributed by atoms with Gasteiger partial charge in [0, 0.05) is 60.7 Å². The predicted octanol–water partition coefficient (Wildman–Crippen LogP) is 5.37. The maximum absolute atomic E-state index is 13.6. The molecule has 3 aliphatic rings. The van der Waals surface area contributed by atoms with Gasteiger partial charge in [0.15, 0.2) is 0 Å². The van der Waals surface area contributed by atoms with Crippen molar-refractivity contribution in [1.29, 1.82) is 0 Å². The van der Waals surface area contributed by atoms with Crippen LogP contribution >= 0.6 is 11.8 Å². The Morgan fingerprint density at radius 1 is 1.31 bits per heavy atom. The van der Waals surface area contributed by atoms with Crippen molar-refractivity contribution in [3.8, 4) is 0 Å². The Balaban J connectivity index is 1.25. The molecule has 2 saturated heterocycles. The average Bonchev–Trinajstić information content (AvgIpc) is 3.71. The first kappa shape index (κ1) is 30.2. The molecule has 1 aromatic heterocycles. The largest absolute Gasteiger partial charge is 0.416 e. The highest BCUT2D eigenvalue weighted by atomic mass is 32.2. The second-order valence-electron chi connectivity index (χ2n) is 10.5. The number of carbonyl (C=O) groups is 1. The Bertz CT molecular complexity index is 1380. The van der Waals surface area contributed by atoms with Crippen LogP contribution in [0.2, 0.25) is 0 Å². The van der Waals surface area contributed by atoms with Gasteiger partial charge in [0.2, 0.25) is 11.9 Å². The number of halogens is 4. The van der Waals surface area contributed by atoms with Gasteiger partial charge in [0.25, 0.3) is 0 Å². The number of amides is 1. The molecule has 0 saturated carbocycles. The van der Waals surface area contributed by atoms with Crippen LogP contribution in [0.15, 0.2) is 48.1 Å². The number of hydrogen-bond acceptors (Lipinski definition) is 7. The first-order chi connectivity index (χ1) is 20.1. The molecule has 3 unspecified atom stereocenters. The van der Waals surface area contributed by atoms with Gasteiger partial charge in [0.1, 0.15) is 0 Å². The van der Waals surface area contributed by atoms with Crippen LogP contribution in [0, 0.1) is 5.95 Å². The molecule has 3 heterocycles. The number of rotatable bonds is 10. The van der Waals surface area contributed by atoms with Crippen LogP contribution in [0.3, 0.4) is 0 Å². The summed E-state index contributed by atoms with van der Waals surface area (Å²) in [5.74, 6) is -0.820. The van der Waals surface area contributed by atoms with Crippen molar-refractivity contribution >= 4 is 41.3 Å². The van der Waals surface area contributed by atoms with Crippen LogP contribution in [0.25, 0.3) is 11.8 Å². The van der Waals surface area contributed by atoms with Crippen LogP contribution in [0.1, 0.15) is 47.3 Å². The Morgan fingerprint density at radius 2 is 2.14 bits per heavy atom. The number of aromatic nitrogens is 1. The number of pyridine rings is 1. The predicted molar refractivity (Wildman–Crippen MR) is 157 cm³/mol. The molecule has 42 heavy (non-hydrogen) atoms. The molecule has 224 valence electrons. The summed E-state index contributed by atoms with van der Waals surface area (Å²) in [4.78, 5) is 23.5. The molecule has 4 atom stereocenters. The fraction of sp³-hybridized carbons (Fsp3) is 0.433. The van der Waals surface area contributed by atoms with Gasteiger partial charge in [-0.05, 0) is 42.2 Å². The highest BCUT2D eigenvalue weighted by Gasteiger charge is 2.40. The molecule has 1 amide bonds. The summed E-state index contributed by atoms with van der Waals surface area (Å²) in [5, 5.41) is 6.05. The Hall–Kier alpha value is -3.22. The standard InChI is InChI=1S/C30H33F4N5O2S/c1-3-9-35-24-6-5-20(30(32,33)34)12-22(24)18(2)36-14-29(40)38-25-15-39(21-8-10-41-17-21)16-27(25)42-26-7-4-19-11-28(31)37-13-23(19)26/h4-7,9,11-13,21,25-27,36H,2-3,8,10,14-17H2,1H3,(H,38,40)/t21?,25?,26?,27-/m0/s1. The van der Waals surface area contributed by atoms with Gasteiger partial charge >= 0.3 is 6.18 Å². The monoisotopic (exact) mass is 603 g/mol. The number of likely N-dealkylation sites (tertiary alicyclic amines) is 1. The van der Waals surface area contributed by atoms with E-state index >= 15 is 0 Å². The Labute approximate surface area is 246 Å². The first-order valence-electron chi connectivity index (χ1n) is 13.9. The van der Waals surface area contributed by atoms with E-state index in [0.29, 0.717) is 31.9 Å². The van der Waals surface area contributed by atoms with Gasteiger partial charge in [-0.3, -0.25) is 14.7 Å². The summed E-state index contributed by atoms with van der Waals surface area (Å²) < 4.78 is 59.4. The van der Waals surface area contributed by atoms with E-state index in [4.69, 9.17) is 4.74 Å². The van der Waals surface area contributed by atoms with Crippen molar-refractivity contribution in [2.45, 2.75) is 48.5 Å². The lowest BCUT2D eigenvalue weighted by atomic mass is 10.1. The molecule has 1 aliphatic carbocycles. The van der Waals surface area contributed by atoms with Gasteiger partial charge in [-0.2, -0.15) is 17.6 Å². The first-order valence-corrected chi connectivity index (χ1v) is 14.8. The molecular weight excluding hydrogens is 570 g/mol. The number of fused-ring (bicyclic) bond motifs is 1. The molecular formula is C30H33F4N5O2S.